The van der Waals surface area contributed by atoms with Gasteiger partial charge in [-0.05, 0) is 54.8 Å². The van der Waals surface area contributed by atoms with Gasteiger partial charge < -0.3 is 5.32 Å². The Morgan fingerprint density at radius 2 is 1.78 bits per heavy atom. The van der Waals surface area contributed by atoms with Crippen molar-refractivity contribution in [2.24, 2.45) is 5.14 Å². The maximum absolute atomic E-state index is 12.9. The molecule has 122 valence electrons. The van der Waals surface area contributed by atoms with Crippen molar-refractivity contribution < 1.29 is 17.6 Å². The highest BCUT2D eigenvalue weighted by atomic mass is 32.2. The number of aryl methyl sites for hydroxylation is 1. The standard InChI is InChI=1S/C16H17FN2O3S/c1-10-7-14(23(18,21)22)9-15(11(10)2)19-16(20)8-12-3-5-13(17)6-4-12/h3-7,9H,8H2,1-2H3,(H,19,20)(H2,18,21,22). The number of halogens is 1. The van der Waals surface area contributed by atoms with Crippen LogP contribution in [0.15, 0.2) is 41.3 Å². The van der Waals surface area contributed by atoms with E-state index in [4.69, 9.17) is 5.14 Å². The van der Waals surface area contributed by atoms with Crippen LogP contribution in [0.4, 0.5) is 10.1 Å². The van der Waals surface area contributed by atoms with Gasteiger partial charge in [0.15, 0.2) is 0 Å². The van der Waals surface area contributed by atoms with Crippen molar-refractivity contribution in [1.82, 2.24) is 0 Å². The van der Waals surface area contributed by atoms with Crippen molar-refractivity contribution in [2.45, 2.75) is 25.2 Å². The van der Waals surface area contributed by atoms with Crippen LogP contribution >= 0.6 is 0 Å². The Hall–Kier alpha value is -2.25. The summed E-state index contributed by atoms with van der Waals surface area (Å²) in [6, 6.07) is 8.39. The van der Waals surface area contributed by atoms with Gasteiger partial charge in [0.2, 0.25) is 15.9 Å². The smallest absolute Gasteiger partial charge is 0.238 e. The average Bonchev–Trinajstić information content (AvgIpc) is 2.45. The average molecular weight is 336 g/mol. The molecule has 2 rings (SSSR count). The van der Waals surface area contributed by atoms with Gasteiger partial charge in [0.1, 0.15) is 5.82 Å². The minimum atomic E-state index is -3.86. The molecule has 3 N–H and O–H groups in total. The number of sulfonamides is 1. The second kappa shape index (κ2) is 6.47. The molecule has 23 heavy (non-hydrogen) atoms. The lowest BCUT2D eigenvalue weighted by molar-refractivity contribution is -0.115. The fourth-order valence-corrected chi connectivity index (χ4v) is 2.73. The van der Waals surface area contributed by atoms with E-state index >= 15 is 0 Å². The summed E-state index contributed by atoms with van der Waals surface area (Å²) in [6.45, 7) is 3.51. The summed E-state index contributed by atoms with van der Waals surface area (Å²) >= 11 is 0. The molecular weight excluding hydrogens is 319 g/mol. The third-order valence-corrected chi connectivity index (χ3v) is 4.41. The minimum absolute atomic E-state index is 0.0539. The Labute approximate surface area is 134 Å². The Morgan fingerprint density at radius 3 is 2.35 bits per heavy atom. The van der Waals surface area contributed by atoms with Crippen LogP contribution < -0.4 is 10.5 Å². The largest absolute Gasteiger partial charge is 0.326 e. The van der Waals surface area contributed by atoms with Crippen molar-refractivity contribution in [2.75, 3.05) is 5.32 Å². The van der Waals surface area contributed by atoms with Crippen LogP contribution in [0.25, 0.3) is 0 Å². The van der Waals surface area contributed by atoms with Crippen LogP contribution in [-0.2, 0) is 21.2 Å². The quantitative estimate of drug-likeness (QED) is 0.897. The van der Waals surface area contributed by atoms with Crippen LogP contribution in [0.5, 0.6) is 0 Å². The summed E-state index contributed by atoms with van der Waals surface area (Å²) in [5.41, 5.74) is 2.50. The van der Waals surface area contributed by atoms with E-state index in [2.05, 4.69) is 5.32 Å². The molecule has 2 aromatic carbocycles. The predicted molar refractivity (Wildman–Crippen MR) is 86.0 cm³/mol. The highest BCUT2D eigenvalue weighted by molar-refractivity contribution is 7.89. The van der Waals surface area contributed by atoms with Crippen molar-refractivity contribution in [3.63, 3.8) is 0 Å². The normalized spacial score (nSPS) is 11.3. The number of carbonyl (C=O) groups excluding carboxylic acids is 1. The molecule has 1 amide bonds. The lowest BCUT2D eigenvalue weighted by atomic mass is 10.1. The van der Waals surface area contributed by atoms with E-state index in [1.807, 2.05) is 0 Å². The first-order valence-electron chi connectivity index (χ1n) is 6.85. The summed E-state index contributed by atoms with van der Waals surface area (Å²) in [6.07, 6.45) is 0.0539. The SMILES string of the molecule is Cc1cc(S(N)(=O)=O)cc(NC(=O)Cc2ccc(F)cc2)c1C. The van der Waals surface area contributed by atoms with Crippen LogP contribution in [0.3, 0.4) is 0 Å². The topological polar surface area (TPSA) is 89.3 Å². The van der Waals surface area contributed by atoms with E-state index in [1.165, 1.54) is 36.4 Å². The molecule has 0 aliphatic heterocycles. The first kappa shape index (κ1) is 17.1. The van der Waals surface area contributed by atoms with Gasteiger partial charge in [-0.2, -0.15) is 0 Å². The van der Waals surface area contributed by atoms with Crippen molar-refractivity contribution in [3.05, 3.63) is 58.9 Å². The molecule has 0 radical (unpaired) electrons. The predicted octanol–water partition coefficient (Wildman–Crippen LogP) is 2.27. The number of primary sulfonamides is 1. The van der Waals surface area contributed by atoms with Crippen molar-refractivity contribution in [3.8, 4) is 0 Å². The van der Waals surface area contributed by atoms with Crippen LogP contribution in [0.1, 0.15) is 16.7 Å². The van der Waals surface area contributed by atoms with E-state index in [-0.39, 0.29) is 23.0 Å². The number of anilines is 1. The molecule has 0 fully saturated rings. The Kier molecular flexibility index (Phi) is 4.82. The van der Waals surface area contributed by atoms with Crippen LogP contribution in [0, 0.1) is 19.7 Å². The lowest BCUT2D eigenvalue weighted by Crippen LogP contribution is -2.17. The molecular formula is C16H17FN2O3S. The Balaban J connectivity index is 2.23. The molecule has 0 heterocycles. The summed E-state index contributed by atoms with van der Waals surface area (Å²) in [7, 11) is -3.86. The molecule has 0 atom stereocenters. The number of carbonyl (C=O) groups is 1. The maximum atomic E-state index is 12.9. The van der Waals surface area contributed by atoms with Gasteiger partial charge in [0.25, 0.3) is 0 Å². The minimum Gasteiger partial charge on any atom is -0.326 e. The van der Waals surface area contributed by atoms with E-state index in [0.29, 0.717) is 16.8 Å². The fraction of sp³-hybridized carbons (Fsp3) is 0.188. The molecule has 5 nitrogen and oxygen atoms in total. The maximum Gasteiger partial charge on any atom is 0.238 e. The van der Waals surface area contributed by atoms with Gasteiger partial charge >= 0.3 is 0 Å². The lowest BCUT2D eigenvalue weighted by Gasteiger charge is -2.13. The first-order valence-corrected chi connectivity index (χ1v) is 8.40. The number of rotatable bonds is 4. The van der Waals surface area contributed by atoms with Gasteiger partial charge in [-0.3, -0.25) is 4.79 Å². The highest BCUT2D eigenvalue weighted by Gasteiger charge is 2.14. The number of benzene rings is 2. The zero-order valence-corrected chi connectivity index (χ0v) is 13.6. The number of hydrogen-bond donors (Lipinski definition) is 2. The molecule has 0 saturated heterocycles. The van der Waals surface area contributed by atoms with E-state index in [0.717, 1.165) is 5.56 Å². The fourth-order valence-electron chi connectivity index (χ4n) is 2.10. The third-order valence-electron chi connectivity index (χ3n) is 3.52. The van der Waals surface area contributed by atoms with E-state index in [9.17, 15) is 17.6 Å². The summed E-state index contributed by atoms with van der Waals surface area (Å²) in [5.74, 6) is -0.702. The van der Waals surface area contributed by atoms with Gasteiger partial charge in [0, 0.05) is 5.69 Å². The zero-order chi connectivity index (χ0) is 17.2. The number of nitrogens with one attached hydrogen (secondary N) is 1. The third kappa shape index (κ3) is 4.37. The molecule has 0 aliphatic rings. The monoisotopic (exact) mass is 336 g/mol. The second-order valence-corrected chi connectivity index (χ2v) is 6.87. The molecule has 0 saturated carbocycles. The summed E-state index contributed by atoms with van der Waals surface area (Å²) in [4.78, 5) is 12.0. The van der Waals surface area contributed by atoms with Gasteiger partial charge in [0.05, 0.1) is 11.3 Å². The molecule has 0 unspecified atom stereocenters. The number of hydrogen-bond acceptors (Lipinski definition) is 3. The second-order valence-electron chi connectivity index (χ2n) is 5.31. The first-order chi connectivity index (χ1) is 10.7. The van der Waals surface area contributed by atoms with Crippen LogP contribution in [0.2, 0.25) is 0 Å². The number of nitrogens with two attached hydrogens (primary N) is 1. The highest BCUT2D eigenvalue weighted by Crippen LogP contribution is 2.23. The van der Waals surface area contributed by atoms with Gasteiger partial charge in [-0.15, -0.1) is 0 Å². The molecule has 7 heteroatoms. The Bertz CT molecular complexity index is 846. The van der Waals surface area contributed by atoms with E-state index < -0.39 is 10.0 Å². The number of amides is 1. The molecule has 0 aromatic heterocycles. The van der Waals surface area contributed by atoms with Crippen molar-refractivity contribution in [1.29, 1.82) is 0 Å². The van der Waals surface area contributed by atoms with Gasteiger partial charge in [-0.25, -0.2) is 17.9 Å². The summed E-state index contributed by atoms with van der Waals surface area (Å²) in [5, 5.41) is 7.81. The zero-order valence-electron chi connectivity index (χ0n) is 12.8. The van der Waals surface area contributed by atoms with Crippen molar-refractivity contribution >= 4 is 21.6 Å². The molecule has 0 aliphatic carbocycles. The summed E-state index contributed by atoms with van der Waals surface area (Å²) < 4.78 is 35.8. The molecule has 0 bridgehead atoms. The molecule has 2 aromatic rings. The van der Waals surface area contributed by atoms with Crippen LogP contribution in [-0.4, -0.2) is 14.3 Å². The van der Waals surface area contributed by atoms with E-state index in [1.54, 1.807) is 13.8 Å². The Morgan fingerprint density at radius 1 is 1.17 bits per heavy atom. The van der Waals surface area contributed by atoms with Gasteiger partial charge in [-0.1, -0.05) is 12.1 Å². The molecule has 0 spiro atoms.